The molecule has 0 aliphatic heterocycles. The largest absolute Gasteiger partial charge is 0.353 e. The number of hydrogen-bond donors (Lipinski definition) is 4. The summed E-state index contributed by atoms with van der Waals surface area (Å²) in [5, 5.41) is 13.0. The van der Waals surface area contributed by atoms with E-state index in [2.05, 4.69) is 43.1 Å². The van der Waals surface area contributed by atoms with Gasteiger partial charge in [0.25, 0.3) is 0 Å². The van der Waals surface area contributed by atoms with Gasteiger partial charge in [-0.15, -0.1) is 0 Å². The molecule has 0 spiro atoms. The first-order valence-electron chi connectivity index (χ1n) is 8.77. The van der Waals surface area contributed by atoms with Gasteiger partial charge in [-0.25, -0.2) is 4.98 Å². The van der Waals surface area contributed by atoms with Gasteiger partial charge < -0.3 is 21.3 Å². The number of anilines is 1. The predicted octanol–water partition coefficient (Wildman–Crippen LogP) is 0.587. The molecular weight excluding hydrogens is 290 g/mol. The van der Waals surface area contributed by atoms with Gasteiger partial charge in [0.05, 0.1) is 0 Å². The first-order chi connectivity index (χ1) is 11.3. The minimum absolute atomic E-state index is 0.700. The van der Waals surface area contributed by atoms with Crippen molar-refractivity contribution in [2.45, 2.75) is 39.0 Å². The molecule has 0 radical (unpaired) electrons. The minimum Gasteiger partial charge on any atom is -0.353 e. The molecule has 1 heterocycles. The highest BCUT2D eigenvalue weighted by Gasteiger charge is 2.06. The van der Waals surface area contributed by atoms with Crippen LogP contribution in [0.4, 0.5) is 5.95 Å². The zero-order valence-electron chi connectivity index (χ0n) is 14.9. The van der Waals surface area contributed by atoms with E-state index in [-0.39, 0.29) is 0 Å². The van der Waals surface area contributed by atoms with Gasteiger partial charge in [0, 0.05) is 25.9 Å². The molecule has 0 aromatic carbocycles. The van der Waals surface area contributed by atoms with Crippen LogP contribution < -0.4 is 21.3 Å². The van der Waals surface area contributed by atoms with E-state index in [0.29, 0.717) is 5.95 Å². The molecule has 0 saturated heterocycles. The van der Waals surface area contributed by atoms with E-state index in [4.69, 9.17) is 0 Å². The summed E-state index contributed by atoms with van der Waals surface area (Å²) in [5.74, 6) is 2.48. The van der Waals surface area contributed by atoms with Crippen LogP contribution in [0.3, 0.4) is 0 Å². The third-order valence-corrected chi connectivity index (χ3v) is 3.39. The average Bonchev–Trinajstić information content (AvgIpc) is 2.55. The van der Waals surface area contributed by atoms with Crippen molar-refractivity contribution in [3.63, 3.8) is 0 Å². The number of hydrogen-bond acceptors (Lipinski definition) is 7. The Balaban J connectivity index is 2.57. The van der Waals surface area contributed by atoms with E-state index in [1.165, 1.54) is 6.42 Å². The smallest absolute Gasteiger partial charge is 0.226 e. The molecule has 1 aromatic heterocycles. The normalized spacial score (nSPS) is 10.9. The van der Waals surface area contributed by atoms with E-state index in [9.17, 15) is 0 Å². The van der Waals surface area contributed by atoms with Gasteiger partial charge in [-0.2, -0.15) is 9.97 Å². The molecule has 0 saturated carbocycles. The molecule has 7 heteroatoms. The van der Waals surface area contributed by atoms with Crippen LogP contribution in [0.15, 0.2) is 0 Å². The Bertz CT molecular complexity index is 383. The van der Waals surface area contributed by atoms with Crippen LogP contribution in [0, 0.1) is 0 Å². The van der Waals surface area contributed by atoms with E-state index >= 15 is 0 Å². The molecular formula is C16H33N7. The van der Waals surface area contributed by atoms with E-state index < -0.39 is 0 Å². The first kappa shape index (κ1) is 19.7. The highest BCUT2D eigenvalue weighted by molar-refractivity contribution is 5.24. The number of aryl methyl sites for hydroxylation is 2. The summed E-state index contributed by atoms with van der Waals surface area (Å²) >= 11 is 0. The summed E-state index contributed by atoms with van der Waals surface area (Å²) in [4.78, 5) is 13.7. The molecule has 0 fully saturated rings. The lowest BCUT2D eigenvalue weighted by atomic mass is 10.2. The van der Waals surface area contributed by atoms with Gasteiger partial charge >= 0.3 is 0 Å². The van der Waals surface area contributed by atoms with Crippen LogP contribution in [0.25, 0.3) is 0 Å². The Hall–Kier alpha value is -1.31. The monoisotopic (exact) mass is 323 g/mol. The van der Waals surface area contributed by atoms with Gasteiger partial charge in [-0.3, -0.25) is 0 Å². The van der Waals surface area contributed by atoms with E-state index in [1.807, 2.05) is 14.1 Å². The Labute approximate surface area is 140 Å². The van der Waals surface area contributed by atoms with E-state index in [0.717, 1.165) is 70.1 Å². The molecule has 1 aromatic rings. The molecule has 0 atom stereocenters. The standard InChI is InChI=1S/C16H33N7/c1-4-9-19-11-6-8-15-21-14(7-5-10-17-2)22-16(23-15)20-13-12-18-3/h17-19H,4-13H2,1-3H3,(H,20,21,22,23). The van der Waals surface area contributed by atoms with Crippen LogP contribution in [0.1, 0.15) is 37.8 Å². The Kier molecular flexibility index (Phi) is 11.3. The molecule has 0 aliphatic carbocycles. The third kappa shape index (κ3) is 9.43. The van der Waals surface area contributed by atoms with Crippen LogP contribution in [0.5, 0.6) is 0 Å². The fourth-order valence-electron chi connectivity index (χ4n) is 2.17. The topological polar surface area (TPSA) is 86.8 Å². The molecule has 0 unspecified atom stereocenters. The maximum atomic E-state index is 4.62. The zero-order valence-corrected chi connectivity index (χ0v) is 14.9. The van der Waals surface area contributed by atoms with Crippen molar-refractivity contribution < 1.29 is 0 Å². The average molecular weight is 323 g/mol. The van der Waals surface area contributed by atoms with Crippen LogP contribution in [-0.4, -0.2) is 61.8 Å². The Morgan fingerprint density at radius 2 is 1.39 bits per heavy atom. The summed E-state index contributed by atoms with van der Waals surface area (Å²) in [7, 11) is 3.90. The lowest BCUT2D eigenvalue weighted by Crippen LogP contribution is -2.20. The SMILES string of the molecule is CCCNCCCc1nc(CCCNC)nc(NCCNC)n1. The lowest BCUT2D eigenvalue weighted by molar-refractivity contribution is 0.624. The summed E-state index contributed by atoms with van der Waals surface area (Å²) in [6.45, 7) is 6.94. The van der Waals surface area contributed by atoms with Gasteiger partial charge in [-0.05, 0) is 53.0 Å². The molecule has 0 amide bonds. The second-order valence-electron chi connectivity index (χ2n) is 5.58. The van der Waals surface area contributed by atoms with Crippen molar-refractivity contribution >= 4 is 5.95 Å². The summed E-state index contributed by atoms with van der Waals surface area (Å²) in [5.41, 5.74) is 0. The van der Waals surface area contributed by atoms with Crippen molar-refractivity contribution in [2.75, 3.05) is 52.1 Å². The van der Waals surface area contributed by atoms with Crippen molar-refractivity contribution in [1.82, 2.24) is 30.9 Å². The second kappa shape index (κ2) is 13.2. The minimum atomic E-state index is 0.700. The van der Waals surface area contributed by atoms with Crippen molar-refractivity contribution in [1.29, 1.82) is 0 Å². The summed E-state index contributed by atoms with van der Waals surface area (Å²) in [6, 6.07) is 0. The highest BCUT2D eigenvalue weighted by Crippen LogP contribution is 2.05. The van der Waals surface area contributed by atoms with Crippen molar-refractivity contribution in [3.8, 4) is 0 Å². The maximum Gasteiger partial charge on any atom is 0.226 e. The number of nitrogens with zero attached hydrogens (tertiary/aromatic N) is 3. The molecule has 7 nitrogen and oxygen atoms in total. The number of rotatable bonds is 14. The third-order valence-electron chi connectivity index (χ3n) is 3.39. The van der Waals surface area contributed by atoms with E-state index in [1.54, 1.807) is 0 Å². The highest BCUT2D eigenvalue weighted by atomic mass is 15.2. The second-order valence-corrected chi connectivity index (χ2v) is 5.58. The molecule has 23 heavy (non-hydrogen) atoms. The van der Waals surface area contributed by atoms with Gasteiger partial charge in [0.2, 0.25) is 5.95 Å². The first-order valence-corrected chi connectivity index (χ1v) is 8.77. The van der Waals surface area contributed by atoms with Crippen LogP contribution in [-0.2, 0) is 12.8 Å². The number of nitrogens with one attached hydrogen (secondary N) is 4. The predicted molar refractivity (Wildman–Crippen MR) is 96.0 cm³/mol. The fourth-order valence-corrected chi connectivity index (χ4v) is 2.17. The summed E-state index contributed by atoms with van der Waals surface area (Å²) < 4.78 is 0. The maximum absolute atomic E-state index is 4.62. The van der Waals surface area contributed by atoms with Crippen LogP contribution >= 0.6 is 0 Å². The van der Waals surface area contributed by atoms with Gasteiger partial charge in [0.15, 0.2) is 0 Å². The molecule has 4 N–H and O–H groups in total. The zero-order chi connectivity index (χ0) is 16.8. The van der Waals surface area contributed by atoms with Crippen molar-refractivity contribution in [2.24, 2.45) is 0 Å². The number of aromatic nitrogens is 3. The number of likely N-dealkylation sites (N-methyl/N-ethyl adjacent to an activating group) is 1. The quantitative estimate of drug-likeness (QED) is 0.373. The van der Waals surface area contributed by atoms with Gasteiger partial charge in [0.1, 0.15) is 11.6 Å². The van der Waals surface area contributed by atoms with Crippen LogP contribution in [0.2, 0.25) is 0 Å². The Morgan fingerprint density at radius 1 is 0.739 bits per heavy atom. The Morgan fingerprint density at radius 3 is 2.00 bits per heavy atom. The molecule has 1 rings (SSSR count). The lowest BCUT2D eigenvalue weighted by Gasteiger charge is -2.09. The molecule has 132 valence electrons. The van der Waals surface area contributed by atoms with Gasteiger partial charge in [-0.1, -0.05) is 6.92 Å². The van der Waals surface area contributed by atoms with Crippen molar-refractivity contribution in [3.05, 3.63) is 11.6 Å². The summed E-state index contributed by atoms with van der Waals surface area (Å²) in [6.07, 6.45) is 5.02. The molecule has 0 aliphatic rings. The molecule has 0 bridgehead atoms. The fraction of sp³-hybridized carbons (Fsp3) is 0.812.